The zero-order valence-corrected chi connectivity index (χ0v) is 23.7. The number of aromatic nitrogens is 4. The van der Waals surface area contributed by atoms with Crippen molar-refractivity contribution in [3.05, 3.63) is 77.7 Å². The van der Waals surface area contributed by atoms with Crippen molar-refractivity contribution in [1.82, 2.24) is 25.1 Å². The van der Waals surface area contributed by atoms with Crippen LogP contribution in [0, 0.1) is 0 Å². The van der Waals surface area contributed by atoms with E-state index in [1.165, 1.54) is 5.56 Å². The van der Waals surface area contributed by atoms with E-state index in [1.54, 1.807) is 17.2 Å². The average molecular weight is 516 g/mol. The summed E-state index contributed by atoms with van der Waals surface area (Å²) >= 11 is 0. The number of amides is 1. The molecule has 7 nitrogen and oxygen atoms in total. The lowest BCUT2D eigenvalue weighted by Gasteiger charge is -2.19. The molecule has 1 amide bonds. The van der Waals surface area contributed by atoms with Gasteiger partial charge in [-0.2, -0.15) is 5.10 Å². The fourth-order valence-electron chi connectivity index (χ4n) is 3.93. The van der Waals surface area contributed by atoms with Gasteiger partial charge in [0.05, 0.1) is 17.3 Å². The van der Waals surface area contributed by atoms with Gasteiger partial charge in [-0.1, -0.05) is 76.8 Å². The van der Waals surface area contributed by atoms with Crippen LogP contribution in [-0.4, -0.2) is 40.3 Å². The molecule has 0 unspecified atom stereocenters. The summed E-state index contributed by atoms with van der Waals surface area (Å²) in [7, 11) is -1.13. The van der Waals surface area contributed by atoms with E-state index in [2.05, 4.69) is 60.8 Å². The number of rotatable bonds is 9. The molecule has 0 spiro atoms. The summed E-state index contributed by atoms with van der Waals surface area (Å²) in [6.45, 7) is 15.1. The minimum absolute atomic E-state index is 0.0613. The van der Waals surface area contributed by atoms with E-state index in [0.717, 1.165) is 40.5 Å². The van der Waals surface area contributed by atoms with Crippen LogP contribution in [-0.2, 0) is 23.4 Å². The molecule has 0 atom stereocenters. The number of nitrogens with zero attached hydrogens (tertiary/aromatic N) is 4. The zero-order chi connectivity index (χ0) is 26.6. The van der Waals surface area contributed by atoms with Crippen LogP contribution in [0.15, 0.2) is 61.1 Å². The van der Waals surface area contributed by atoms with Crippen molar-refractivity contribution in [3.63, 3.8) is 0 Å². The maximum absolute atomic E-state index is 12.6. The Morgan fingerprint density at radius 2 is 1.70 bits per heavy atom. The highest BCUT2D eigenvalue weighted by Crippen LogP contribution is 2.26. The van der Waals surface area contributed by atoms with Gasteiger partial charge in [0, 0.05) is 32.4 Å². The average Bonchev–Trinajstić information content (AvgIpc) is 3.28. The van der Waals surface area contributed by atoms with Crippen molar-refractivity contribution >= 4 is 25.0 Å². The Balaban J connectivity index is 1.39. The Kier molecular flexibility index (Phi) is 7.89. The van der Waals surface area contributed by atoms with E-state index >= 15 is 0 Å². The zero-order valence-electron chi connectivity index (χ0n) is 22.7. The fraction of sp³-hybridized carbons (Fsp3) is 0.379. The standard InChI is InChI=1S/C29H37N5O2Si/c1-29(2,3)24-13-11-23(12-14-24)28(35)30-17-21-7-9-22(10-8-21)26-25-18-33-34(27(25)32-19-31-26)20-36-15-16-37(4,5)6/h7-14,18-19H,15-17,20H2,1-6H3,(H,30,35). The lowest BCUT2D eigenvalue weighted by Crippen LogP contribution is -2.23. The second-order valence-electron chi connectivity index (χ2n) is 11.7. The van der Waals surface area contributed by atoms with Crippen molar-refractivity contribution < 1.29 is 9.53 Å². The number of nitrogens with one attached hydrogen (secondary N) is 1. The van der Waals surface area contributed by atoms with Gasteiger partial charge in [0.15, 0.2) is 5.65 Å². The van der Waals surface area contributed by atoms with Gasteiger partial charge < -0.3 is 10.1 Å². The molecule has 1 N–H and O–H groups in total. The van der Waals surface area contributed by atoms with Crippen LogP contribution in [0.4, 0.5) is 0 Å². The number of carbonyl (C=O) groups is 1. The third-order valence-corrected chi connectivity index (χ3v) is 8.04. The smallest absolute Gasteiger partial charge is 0.251 e. The lowest BCUT2D eigenvalue weighted by molar-refractivity contribution is 0.0813. The first kappa shape index (κ1) is 26.7. The van der Waals surface area contributed by atoms with E-state index in [4.69, 9.17) is 4.74 Å². The molecule has 37 heavy (non-hydrogen) atoms. The van der Waals surface area contributed by atoms with Gasteiger partial charge in [-0.05, 0) is 34.7 Å². The Morgan fingerprint density at radius 1 is 1.00 bits per heavy atom. The van der Waals surface area contributed by atoms with Gasteiger partial charge in [-0.25, -0.2) is 14.6 Å². The Labute approximate surface area is 220 Å². The quantitative estimate of drug-likeness (QED) is 0.217. The molecule has 0 aliphatic carbocycles. The molecule has 0 aliphatic rings. The predicted octanol–water partition coefficient (Wildman–Crippen LogP) is 6.03. The summed E-state index contributed by atoms with van der Waals surface area (Å²) in [5, 5.41) is 8.38. The van der Waals surface area contributed by atoms with Crippen molar-refractivity contribution in [2.75, 3.05) is 6.61 Å². The molecular formula is C29H37N5O2Si. The van der Waals surface area contributed by atoms with Crippen LogP contribution in [0.2, 0.25) is 25.7 Å². The maximum Gasteiger partial charge on any atom is 0.251 e. The molecule has 2 aromatic carbocycles. The van der Waals surface area contributed by atoms with Crippen LogP contribution in [0.25, 0.3) is 22.3 Å². The SMILES string of the molecule is CC(C)(C)c1ccc(C(=O)NCc2ccc(-c3ncnc4c3cnn4COCC[Si](C)(C)C)cc2)cc1. The molecule has 8 heteroatoms. The molecule has 194 valence electrons. The van der Waals surface area contributed by atoms with Crippen molar-refractivity contribution in [2.45, 2.75) is 65.1 Å². The van der Waals surface area contributed by atoms with Crippen LogP contribution in [0.5, 0.6) is 0 Å². The third kappa shape index (κ3) is 6.90. The second-order valence-corrected chi connectivity index (χ2v) is 17.3. The van der Waals surface area contributed by atoms with Crippen molar-refractivity contribution in [3.8, 4) is 11.3 Å². The highest BCUT2D eigenvalue weighted by atomic mass is 28.3. The minimum Gasteiger partial charge on any atom is -0.359 e. The molecule has 0 saturated carbocycles. The van der Waals surface area contributed by atoms with E-state index in [1.807, 2.05) is 48.5 Å². The van der Waals surface area contributed by atoms with E-state index in [0.29, 0.717) is 18.8 Å². The topological polar surface area (TPSA) is 81.9 Å². The number of hydrogen-bond acceptors (Lipinski definition) is 5. The van der Waals surface area contributed by atoms with E-state index < -0.39 is 8.07 Å². The molecule has 4 rings (SSSR count). The fourth-order valence-corrected chi connectivity index (χ4v) is 4.69. The van der Waals surface area contributed by atoms with Crippen molar-refractivity contribution in [1.29, 1.82) is 0 Å². The maximum atomic E-state index is 12.6. The molecule has 0 aliphatic heterocycles. The molecule has 0 fully saturated rings. The first-order valence-corrected chi connectivity index (χ1v) is 16.4. The van der Waals surface area contributed by atoms with Gasteiger partial charge in [0.2, 0.25) is 0 Å². The van der Waals surface area contributed by atoms with Gasteiger partial charge in [-0.3, -0.25) is 4.79 Å². The number of carbonyl (C=O) groups excluding carboxylic acids is 1. The summed E-state index contributed by atoms with van der Waals surface area (Å²) in [5.74, 6) is -0.0819. The number of fused-ring (bicyclic) bond motifs is 1. The number of ether oxygens (including phenoxy) is 1. The Hall–Kier alpha value is -3.36. The number of hydrogen-bond donors (Lipinski definition) is 1. The monoisotopic (exact) mass is 515 g/mol. The normalized spacial score (nSPS) is 12.2. The van der Waals surface area contributed by atoms with Gasteiger partial charge in [0.1, 0.15) is 13.1 Å². The predicted molar refractivity (Wildman–Crippen MR) is 151 cm³/mol. The van der Waals surface area contributed by atoms with Crippen LogP contribution in [0.3, 0.4) is 0 Å². The molecule has 4 aromatic rings. The highest BCUT2D eigenvalue weighted by molar-refractivity contribution is 6.76. The van der Waals surface area contributed by atoms with Crippen LogP contribution < -0.4 is 5.32 Å². The molecule has 0 radical (unpaired) electrons. The summed E-state index contributed by atoms with van der Waals surface area (Å²) in [6.07, 6.45) is 3.36. The first-order chi connectivity index (χ1) is 17.5. The van der Waals surface area contributed by atoms with Crippen LogP contribution >= 0.6 is 0 Å². The minimum atomic E-state index is -1.13. The molecule has 0 bridgehead atoms. The highest BCUT2D eigenvalue weighted by Gasteiger charge is 2.16. The molecular weight excluding hydrogens is 478 g/mol. The van der Waals surface area contributed by atoms with E-state index in [9.17, 15) is 4.79 Å². The first-order valence-electron chi connectivity index (χ1n) is 12.7. The lowest BCUT2D eigenvalue weighted by atomic mass is 9.87. The van der Waals surface area contributed by atoms with Gasteiger partial charge in [0.25, 0.3) is 5.91 Å². The summed E-state index contributed by atoms with van der Waals surface area (Å²) in [4.78, 5) is 21.6. The largest absolute Gasteiger partial charge is 0.359 e. The number of benzene rings is 2. The van der Waals surface area contributed by atoms with Gasteiger partial charge in [-0.15, -0.1) is 0 Å². The Morgan fingerprint density at radius 3 is 2.35 bits per heavy atom. The molecule has 2 heterocycles. The summed E-state index contributed by atoms with van der Waals surface area (Å²) < 4.78 is 7.64. The van der Waals surface area contributed by atoms with Gasteiger partial charge >= 0.3 is 0 Å². The Bertz CT molecular complexity index is 1350. The summed E-state index contributed by atoms with van der Waals surface area (Å²) in [6, 6.07) is 17.0. The summed E-state index contributed by atoms with van der Waals surface area (Å²) in [5.41, 5.74) is 5.50. The second kappa shape index (κ2) is 10.9. The third-order valence-electron chi connectivity index (χ3n) is 6.34. The van der Waals surface area contributed by atoms with Crippen LogP contribution in [0.1, 0.15) is 42.3 Å². The molecule has 2 aromatic heterocycles. The van der Waals surface area contributed by atoms with E-state index in [-0.39, 0.29) is 11.3 Å². The molecule has 0 saturated heterocycles. The van der Waals surface area contributed by atoms with Crippen molar-refractivity contribution in [2.24, 2.45) is 0 Å².